The molecule has 3 aromatic rings. The first-order valence-corrected chi connectivity index (χ1v) is 8.75. The molecule has 5 nitrogen and oxygen atoms in total. The number of amides is 1. The molecule has 0 N–H and O–H groups in total. The monoisotopic (exact) mass is 365 g/mol. The van der Waals surface area contributed by atoms with E-state index >= 15 is 0 Å². The third-order valence-corrected chi connectivity index (χ3v) is 4.46. The summed E-state index contributed by atoms with van der Waals surface area (Å²) in [6.07, 6.45) is -0.406. The molecule has 0 saturated carbocycles. The van der Waals surface area contributed by atoms with Crippen LogP contribution in [0.25, 0.3) is 21.9 Å². The van der Waals surface area contributed by atoms with E-state index in [-0.39, 0.29) is 0 Å². The molecule has 0 heterocycles. The van der Waals surface area contributed by atoms with Crippen molar-refractivity contribution in [2.75, 3.05) is 32.8 Å². The van der Waals surface area contributed by atoms with E-state index in [1.54, 1.807) is 33.1 Å². The molecular formula is C22H23NO4. The lowest BCUT2D eigenvalue weighted by molar-refractivity contribution is 0.161. The molecule has 140 valence electrons. The Kier molecular flexibility index (Phi) is 5.50. The van der Waals surface area contributed by atoms with Crippen molar-refractivity contribution in [2.45, 2.75) is 6.92 Å². The molecule has 5 heteroatoms. The maximum Gasteiger partial charge on any atom is 0.414 e. The lowest BCUT2D eigenvalue weighted by Gasteiger charge is -2.23. The average Bonchev–Trinajstić information content (AvgIpc) is 2.72. The summed E-state index contributed by atoms with van der Waals surface area (Å²) in [6, 6.07) is 17.8. The van der Waals surface area contributed by atoms with Crippen LogP contribution in [0.5, 0.6) is 11.5 Å². The van der Waals surface area contributed by atoms with Gasteiger partial charge in [0.15, 0.2) is 11.5 Å². The second kappa shape index (κ2) is 7.99. The molecule has 0 aromatic heterocycles. The normalized spacial score (nSPS) is 10.5. The molecule has 1 amide bonds. The minimum Gasteiger partial charge on any atom is -0.493 e. The van der Waals surface area contributed by atoms with E-state index in [4.69, 9.17) is 14.2 Å². The van der Waals surface area contributed by atoms with Crippen LogP contribution < -0.4 is 14.4 Å². The predicted octanol–water partition coefficient (Wildman–Crippen LogP) is 5.12. The summed E-state index contributed by atoms with van der Waals surface area (Å²) in [5, 5.41) is 1.82. The first kappa shape index (κ1) is 18.6. The Morgan fingerprint density at radius 1 is 0.963 bits per heavy atom. The van der Waals surface area contributed by atoms with E-state index < -0.39 is 6.09 Å². The topological polar surface area (TPSA) is 48.0 Å². The molecular weight excluding hydrogens is 342 g/mol. The van der Waals surface area contributed by atoms with E-state index in [1.165, 1.54) is 0 Å². The maximum atomic E-state index is 12.5. The highest BCUT2D eigenvalue weighted by Crippen LogP contribution is 2.41. The summed E-state index contributed by atoms with van der Waals surface area (Å²) in [4.78, 5) is 14.0. The summed E-state index contributed by atoms with van der Waals surface area (Å²) in [5.74, 6) is 1.25. The van der Waals surface area contributed by atoms with Crippen LogP contribution in [0.2, 0.25) is 0 Å². The fourth-order valence-corrected chi connectivity index (χ4v) is 3.16. The van der Waals surface area contributed by atoms with Gasteiger partial charge in [-0.3, -0.25) is 4.90 Å². The Labute approximate surface area is 159 Å². The number of nitrogens with zero attached hydrogens (tertiary/aromatic N) is 1. The zero-order valence-electron chi connectivity index (χ0n) is 16.0. The standard InChI is InChI=1S/C22H23NO4/c1-5-27-22(24)23(2)21-17(15-9-7-6-8-10-15)12-11-16-13-19(25-3)20(26-4)14-18(16)21/h6-14H,5H2,1-4H3. The SMILES string of the molecule is CCOC(=O)N(C)c1c(-c2ccccc2)ccc2cc(OC)c(OC)cc12. The summed E-state index contributed by atoms with van der Waals surface area (Å²) >= 11 is 0. The molecule has 0 aliphatic heterocycles. The van der Waals surface area contributed by atoms with Crippen molar-refractivity contribution >= 4 is 22.6 Å². The van der Waals surface area contributed by atoms with Gasteiger partial charge in [-0.15, -0.1) is 0 Å². The lowest BCUT2D eigenvalue weighted by Crippen LogP contribution is -2.27. The van der Waals surface area contributed by atoms with Gasteiger partial charge in [-0.25, -0.2) is 4.79 Å². The lowest BCUT2D eigenvalue weighted by atomic mass is 9.97. The molecule has 0 atom stereocenters. The van der Waals surface area contributed by atoms with Crippen molar-refractivity contribution in [1.29, 1.82) is 0 Å². The van der Waals surface area contributed by atoms with E-state index in [1.807, 2.05) is 54.6 Å². The number of anilines is 1. The Morgan fingerprint density at radius 3 is 2.26 bits per heavy atom. The predicted molar refractivity (Wildman–Crippen MR) is 108 cm³/mol. The number of methoxy groups -OCH3 is 2. The van der Waals surface area contributed by atoms with E-state index in [0.717, 1.165) is 27.6 Å². The van der Waals surface area contributed by atoms with Crippen LogP contribution in [0.1, 0.15) is 6.92 Å². The molecule has 0 aliphatic carbocycles. The molecule has 0 spiro atoms. The van der Waals surface area contributed by atoms with Gasteiger partial charge in [-0.1, -0.05) is 42.5 Å². The molecule has 0 saturated heterocycles. The summed E-state index contributed by atoms with van der Waals surface area (Å²) in [7, 11) is 4.92. The van der Waals surface area contributed by atoms with Gasteiger partial charge in [0.2, 0.25) is 0 Å². The zero-order valence-corrected chi connectivity index (χ0v) is 16.0. The third-order valence-electron chi connectivity index (χ3n) is 4.46. The quantitative estimate of drug-likeness (QED) is 0.630. The van der Waals surface area contributed by atoms with Crippen LogP contribution in [0.15, 0.2) is 54.6 Å². The summed E-state index contributed by atoms with van der Waals surface area (Å²) in [6.45, 7) is 2.10. The maximum absolute atomic E-state index is 12.5. The van der Waals surface area contributed by atoms with Crippen LogP contribution in [0, 0.1) is 0 Å². The van der Waals surface area contributed by atoms with E-state index in [2.05, 4.69) is 0 Å². The smallest absolute Gasteiger partial charge is 0.414 e. The van der Waals surface area contributed by atoms with Crippen molar-refractivity contribution in [3.63, 3.8) is 0 Å². The van der Waals surface area contributed by atoms with Gasteiger partial charge in [0, 0.05) is 18.0 Å². The molecule has 27 heavy (non-hydrogen) atoms. The van der Waals surface area contributed by atoms with Gasteiger partial charge < -0.3 is 14.2 Å². The minimum absolute atomic E-state index is 0.311. The van der Waals surface area contributed by atoms with Crippen LogP contribution in [-0.4, -0.2) is 34.0 Å². The number of benzene rings is 3. The highest BCUT2D eigenvalue weighted by atomic mass is 16.6. The number of carbonyl (C=O) groups is 1. The van der Waals surface area contributed by atoms with Gasteiger partial charge in [-0.05, 0) is 30.0 Å². The Balaban J connectivity index is 2.31. The van der Waals surface area contributed by atoms with Crippen molar-refractivity contribution in [1.82, 2.24) is 0 Å². The zero-order chi connectivity index (χ0) is 19.4. The molecule has 0 radical (unpaired) electrons. The summed E-state index contributed by atoms with van der Waals surface area (Å²) in [5.41, 5.74) is 2.71. The van der Waals surface area contributed by atoms with Gasteiger partial charge in [0.05, 0.1) is 26.5 Å². The van der Waals surface area contributed by atoms with Gasteiger partial charge in [0.1, 0.15) is 0 Å². The van der Waals surface area contributed by atoms with Crippen molar-refractivity contribution in [3.8, 4) is 22.6 Å². The highest BCUT2D eigenvalue weighted by Gasteiger charge is 2.21. The number of fused-ring (bicyclic) bond motifs is 1. The highest BCUT2D eigenvalue weighted by molar-refractivity contribution is 6.08. The Bertz CT molecular complexity index is 953. The van der Waals surface area contributed by atoms with Crippen molar-refractivity contribution < 1.29 is 19.0 Å². The Hall–Kier alpha value is -3.21. The molecule has 0 aliphatic rings. The fourth-order valence-electron chi connectivity index (χ4n) is 3.16. The minimum atomic E-state index is -0.406. The van der Waals surface area contributed by atoms with Crippen molar-refractivity contribution in [2.24, 2.45) is 0 Å². The van der Waals surface area contributed by atoms with Crippen molar-refractivity contribution in [3.05, 3.63) is 54.6 Å². The fraction of sp³-hybridized carbons (Fsp3) is 0.227. The second-order valence-corrected chi connectivity index (χ2v) is 6.01. The molecule has 0 unspecified atom stereocenters. The van der Waals surface area contributed by atoms with Gasteiger partial charge >= 0.3 is 6.09 Å². The molecule has 0 fully saturated rings. The first-order valence-electron chi connectivity index (χ1n) is 8.75. The number of hydrogen-bond acceptors (Lipinski definition) is 4. The van der Waals surface area contributed by atoms with E-state index in [0.29, 0.717) is 18.1 Å². The van der Waals surface area contributed by atoms with Gasteiger partial charge in [0.25, 0.3) is 0 Å². The largest absolute Gasteiger partial charge is 0.493 e. The number of hydrogen-bond donors (Lipinski definition) is 0. The number of rotatable bonds is 5. The van der Waals surface area contributed by atoms with Crippen LogP contribution in [-0.2, 0) is 4.74 Å². The Morgan fingerprint density at radius 2 is 1.63 bits per heavy atom. The van der Waals surface area contributed by atoms with Crippen LogP contribution in [0.3, 0.4) is 0 Å². The van der Waals surface area contributed by atoms with Gasteiger partial charge in [-0.2, -0.15) is 0 Å². The average molecular weight is 365 g/mol. The first-order chi connectivity index (χ1) is 13.1. The third kappa shape index (κ3) is 3.53. The second-order valence-electron chi connectivity index (χ2n) is 6.01. The molecule has 3 aromatic carbocycles. The molecule has 0 bridgehead atoms. The number of carbonyl (C=O) groups excluding carboxylic acids is 1. The molecule has 3 rings (SSSR count). The summed E-state index contributed by atoms with van der Waals surface area (Å²) < 4.78 is 16.1. The number of ether oxygens (including phenoxy) is 3. The van der Waals surface area contributed by atoms with Crippen LogP contribution >= 0.6 is 0 Å². The van der Waals surface area contributed by atoms with Crippen LogP contribution in [0.4, 0.5) is 10.5 Å². The van der Waals surface area contributed by atoms with E-state index in [9.17, 15) is 4.79 Å².